The fourth-order valence-corrected chi connectivity index (χ4v) is 2.20. The summed E-state index contributed by atoms with van der Waals surface area (Å²) in [4.78, 5) is 7.46. The Hall–Kier alpha value is -1.97. The van der Waals surface area contributed by atoms with Crippen LogP contribution in [0.3, 0.4) is 0 Å². The number of H-pyrrole nitrogens is 1. The molecule has 0 radical (unpaired) electrons. The Bertz CT molecular complexity index is 516. The molecule has 1 N–H and O–H groups in total. The zero-order valence-corrected chi connectivity index (χ0v) is 9.50. The molecule has 3 rings (SSSR count). The summed E-state index contributed by atoms with van der Waals surface area (Å²) < 4.78 is 0. The van der Waals surface area contributed by atoms with E-state index in [9.17, 15) is 0 Å². The molecule has 86 valence electrons. The van der Waals surface area contributed by atoms with E-state index in [1.54, 1.807) is 6.20 Å². The quantitative estimate of drug-likeness (QED) is 0.838. The number of hydrogen-bond acceptors (Lipinski definition) is 3. The van der Waals surface area contributed by atoms with Gasteiger partial charge in [-0.2, -0.15) is 10.2 Å². The van der Waals surface area contributed by atoms with Crippen molar-refractivity contribution in [3.8, 4) is 11.4 Å². The second-order valence-electron chi connectivity index (χ2n) is 4.16. The summed E-state index contributed by atoms with van der Waals surface area (Å²) in [5.41, 5.74) is 2.34. The van der Waals surface area contributed by atoms with E-state index in [1.807, 2.05) is 18.3 Å². The smallest absolute Gasteiger partial charge is 0.137 e. The molecule has 1 aromatic carbocycles. The van der Waals surface area contributed by atoms with E-state index in [1.165, 1.54) is 5.56 Å². The minimum atomic E-state index is 0.185. The van der Waals surface area contributed by atoms with E-state index in [-0.39, 0.29) is 6.04 Å². The van der Waals surface area contributed by atoms with Crippen LogP contribution in [0, 0.1) is 0 Å². The summed E-state index contributed by atoms with van der Waals surface area (Å²) in [5.74, 6) is 0.904. The molecule has 2 aromatic rings. The van der Waals surface area contributed by atoms with Crippen molar-refractivity contribution < 1.29 is 0 Å². The maximum Gasteiger partial charge on any atom is 0.137 e. The number of benzene rings is 1. The third-order valence-electron chi connectivity index (χ3n) is 3.03. The highest BCUT2D eigenvalue weighted by atomic mass is 15.1. The summed E-state index contributed by atoms with van der Waals surface area (Å²) in [6.45, 7) is 0.861. The highest BCUT2D eigenvalue weighted by Crippen LogP contribution is 2.32. The fraction of sp³-hybridized carbons (Fsp3) is 0.308. The first-order valence-electron chi connectivity index (χ1n) is 5.90. The van der Waals surface area contributed by atoms with Gasteiger partial charge in [0.1, 0.15) is 5.82 Å². The van der Waals surface area contributed by atoms with E-state index in [0.29, 0.717) is 0 Å². The molecule has 0 fully saturated rings. The monoisotopic (exact) mass is 226 g/mol. The molecule has 4 nitrogen and oxygen atoms in total. The molecule has 0 bridgehead atoms. The normalized spacial score (nSPS) is 19.4. The van der Waals surface area contributed by atoms with E-state index in [0.717, 1.165) is 30.8 Å². The molecule has 1 aliphatic heterocycles. The third kappa shape index (κ3) is 1.98. The molecule has 1 aliphatic rings. The summed E-state index contributed by atoms with van der Waals surface area (Å²) in [6, 6.07) is 8.46. The van der Waals surface area contributed by atoms with Crippen LogP contribution in [-0.2, 0) is 0 Å². The van der Waals surface area contributed by atoms with Crippen molar-refractivity contribution in [1.29, 1.82) is 0 Å². The number of rotatable bonds is 2. The van der Waals surface area contributed by atoms with Gasteiger partial charge in [-0.25, -0.2) is 4.98 Å². The molecular weight excluding hydrogens is 212 g/mol. The molecule has 0 spiro atoms. The number of nitrogens with zero attached hydrogens (tertiary/aromatic N) is 3. The average molecular weight is 226 g/mol. The van der Waals surface area contributed by atoms with Crippen molar-refractivity contribution in [2.75, 3.05) is 6.54 Å². The standard InChI is InChI=1S/C13H14N4/c1-2-5-11(13-14-8-9-15-13)10(4-1)12-6-3-7-16-17-12/h1-2,4-5,8-9,12H,3,6-7H2,(H,14,15). The van der Waals surface area contributed by atoms with E-state index in [2.05, 4.69) is 32.3 Å². The first-order chi connectivity index (χ1) is 8.45. The van der Waals surface area contributed by atoms with Gasteiger partial charge in [0.2, 0.25) is 0 Å². The summed E-state index contributed by atoms with van der Waals surface area (Å²) in [7, 11) is 0. The van der Waals surface area contributed by atoms with Crippen LogP contribution in [0.1, 0.15) is 24.4 Å². The largest absolute Gasteiger partial charge is 0.345 e. The van der Waals surface area contributed by atoms with Crippen molar-refractivity contribution in [3.05, 3.63) is 42.2 Å². The van der Waals surface area contributed by atoms with Gasteiger partial charge in [0.05, 0.1) is 12.6 Å². The Balaban J connectivity index is 2.04. The van der Waals surface area contributed by atoms with Gasteiger partial charge in [-0.15, -0.1) is 0 Å². The third-order valence-corrected chi connectivity index (χ3v) is 3.03. The van der Waals surface area contributed by atoms with Crippen LogP contribution in [0.2, 0.25) is 0 Å². The van der Waals surface area contributed by atoms with Crippen molar-refractivity contribution >= 4 is 0 Å². The predicted molar refractivity (Wildman–Crippen MR) is 65.7 cm³/mol. The lowest BCUT2D eigenvalue weighted by Crippen LogP contribution is -2.03. The van der Waals surface area contributed by atoms with Crippen molar-refractivity contribution in [2.24, 2.45) is 10.2 Å². The van der Waals surface area contributed by atoms with Gasteiger partial charge in [-0.05, 0) is 18.4 Å². The topological polar surface area (TPSA) is 53.4 Å². The molecule has 0 amide bonds. The van der Waals surface area contributed by atoms with Crippen LogP contribution in [0.25, 0.3) is 11.4 Å². The number of hydrogen-bond donors (Lipinski definition) is 1. The molecule has 4 heteroatoms. The fourth-order valence-electron chi connectivity index (χ4n) is 2.20. The van der Waals surface area contributed by atoms with Gasteiger partial charge in [0, 0.05) is 18.0 Å². The van der Waals surface area contributed by atoms with E-state index >= 15 is 0 Å². The van der Waals surface area contributed by atoms with Gasteiger partial charge in [-0.1, -0.05) is 24.3 Å². The minimum Gasteiger partial charge on any atom is -0.345 e. The summed E-state index contributed by atoms with van der Waals surface area (Å²) in [6.07, 6.45) is 5.80. The number of aromatic amines is 1. The number of nitrogens with one attached hydrogen (secondary N) is 1. The van der Waals surface area contributed by atoms with Gasteiger partial charge in [0.25, 0.3) is 0 Å². The van der Waals surface area contributed by atoms with Gasteiger partial charge < -0.3 is 4.98 Å². The SMILES string of the molecule is c1ccc(C2CCCN=N2)c(-c2ncc[nH]2)c1. The van der Waals surface area contributed by atoms with E-state index < -0.39 is 0 Å². The van der Waals surface area contributed by atoms with Crippen molar-refractivity contribution in [1.82, 2.24) is 9.97 Å². The Morgan fingerprint density at radius 1 is 1.24 bits per heavy atom. The van der Waals surface area contributed by atoms with Gasteiger partial charge in [0.15, 0.2) is 0 Å². The number of aromatic nitrogens is 2. The summed E-state index contributed by atoms with van der Waals surface area (Å²) in [5, 5.41) is 8.51. The van der Waals surface area contributed by atoms with Crippen LogP contribution < -0.4 is 0 Å². The predicted octanol–water partition coefficient (Wildman–Crippen LogP) is 3.36. The Morgan fingerprint density at radius 3 is 2.94 bits per heavy atom. The molecule has 1 unspecified atom stereocenters. The van der Waals surface area contributed by atoms with E-state index in [4.69, 9.17) is 0 Å². The first kappa shape index (κ1) is 10.2. The van der Waals surface area contributed by atoms with Crippen LogP contribution in [0.4, 0.5) is 0 Å². The Kier molecular flexibility index (Phi) is 2.69. The lowest BCUT2D eigenvalue weighted by Gasteiger charge is -2.17. The van der Waals surface area contributed by atoms with Crippen LogP contribution in [0.5, 0.6) is 0 Å². The van der Waals surface area contributed by atoms with Crippen molar-refractivity contribution in [3.63, 3.8) is 0 Å². The maximum absolute atomic E-state index is 4.35. The molecule has 0 aliphatic carbocycles. The molecule has 2 heterocycles. The lowest BCUT2D eigenvalue weighted by molar-refractivity contribution is 0.531. The van der Waals surface area contributed by atoms with Gasteiger partial charge >= 0.3 is 0 Å². The molecule has 0 saturated carbocycles. The Morgan fingerprint density at radius 2 is 2.18 bits per heavy atom. The highest BCUT2D eigenvalue weighted by Gasteiger charge is 2.18. The molecule has 1 aromatic heterocycles. The number of azo groups is 1. The Labute approximate surface area is 99.8 Å². The maximum atomic E-state index is 4.35. The lowest BCUT2D eigenvalue weighted by atomic mass is 9.96. The second kappa shape index (κ2) is 4.49. The number of imidazole rings is 1. The zero-order chi connectivity index (χ0) is 11.5. The van der Waals surface area contributed by atoms with Crippen LogP contribution in [0.15, 0.2) is 46.9 Å². The van der Waals surface area contributed by atoms with Crippen LogP contribution in [-0.4, -0.2) is 16.5 Å². The first-order valence-corrected chi connectivity index (χ1v) is 5.90. The molecular formula is C13H14N4. The summed E-state index contributed by atoms with van der Waals surface area (Å²) >= 11 is 0. The van der Waals surface area contributed by atoms with Gasteiger partial charge in [-0.3, -0.25) is 0 Å². The highest BCUT2D eigenvalue weighted by molar-refractivity contribution is 5.61. The van der Waals surface area contributed by atoms with Crippen LogP contribution >= 0.6 is 0 Å². The average Bonchev–Trinajstić information content (AvgIpc) is 2.94. The molecule has 0 saturated heterocycles. The second-order valence-corrected chi connectivity index (χ2v) is 4.16. The minimum absolute atomic E-state index is 0.185. The zero-order valence-electron chi connectivity index (χ0n) is 9.50. The van der Waals surface area contributed by atoms with Crippen molar-refractivity contribution in [2.45, 2.75) is 18.9 Å². The molecule has 1 atom stereocenters. The molecule has 17 heavy (non-hydrogen) atoms.